The van der Waals surface area contributed by atoms with E-state index in [0.717, 1.165) is 38.6 Å². The average Bonchev–Trinajstić information content (AvgIpc) is 2.65. The second-order valence-electron chi connectivity index (χ2n) is 7.58. The number of fused-ring (bicyclic) bond motifs is 1. The van der Waals surface area contributed by atoms with E-state index in [1.165, 1.54) is 4.68 Å². The molecule has 2 aromatic rings. The van der Waals surface area contributed by atoms with Crippen molar-refractivity contribution in [3.8, 4) is 0 Å². The van der Waals surface area contributed by atoms with E-state index in [-0.39, 0.29) is 23.6 Å². The summed E-state index contributed by atoms with van der Waals surface area (Å²) in [5.41, 5.74) is 0.245. The van der Waals surface area contributed by atoms with Crippen LogP contribution in [0.5, 0.6) is 0 Å². The number of carbonyl (C=O) groups is 1. The van der Waals surface area contributed by atoms with Crippen LogP contribution in [0.15, 0.2) is 29.1 Å². The van der Waals surface area contributed by atoms with Gasteiger partial charge in [0.25, 0.3) is 11.5 Å². The number of nitrogens with zero attached hydrogens (tertiary/aromatic N) is 3. The SMILES string of the molecule is CCCCCN(C(=O)c1nn(C(C)C)c(=O)c2ccccc12)C(C)CCC. The molecule has 0 saturated carbocycles. The second kappa shape index (κ2) is 9.67. The van der Waals surface area contributed by atoms with Crippen molar-refractivity contribution in [2.75, 3.05) is 6.54 Å². The Hall–Kier alpha value is -2.17. The first kappa shape index (κ1) is 21.1. The molecule has 1 amide bonds. The molecule has 0 saturated heterocycles. The van der Waals surface area contributed by atoms with E-state index in [1.807, 2.05) is 36.9 Å². The maximum absolute atomic E-state index is 13.5. The Morgan fingerprint density at radius 1 is 1.07 bits per heavy atom. The van der Waals surface area contributed by atoms with E-state index >= 15 is 0 Å². The first-order chi connectivity index (χ1) is 12.9. The van der Waals surface area contributed by atoms with Gasteiger partial charge in [0, 0.05) is 18.0 Å². The number of aromatic nitrogens is 2. The Morgan fingerprint density at radius 2 is 1.74 bits per heavy atom. The summed E-state index contributed by atoms with van der Waals surface area (Å²) in [5, 5.41) is 5.71. The van der Waals surface area contributed by atoms with Crippen molar-refractivity contribution in [3.63, 3.8) is 0 Å². The van der Waals surface area contributed by atoms with E-state index in [4.69, 9.17) is 0 Å². The summed E-state index contributed by atoms with van der Waals surface area (Å²) in [6, 6.07) is 7.36. The van der Waals surface area contributed by atoms with Gasteiger partial charge in [0.15, 0.2) is 5.69 Å². The van der Waals surface area contributed by atoms with Crippen LogP contribution in [0.2, 0.25) is 0 Å². The second-order valence-corrected chi connectivity index (χ2v) is 7.58. The minimum Gasteiger partial charge on any atom is -0.335 e. The summed E-state index contributed by atoms with van der Waals surface area (Å²) in [7, 11) is 0. The Balaban J connectivity index is 2.55. The average molecular weight is 372 g/mol. The summed E-state index contributed by atoms with van der Waals surface area (Å²) >= 11 is 0. The first-order valence-electron chi connectivity index (χ1n) is 10.2. The highest BCUT2D eigenvalue weighted by molar-refractivity contribution is 6.04. The van der Waals surface area contributed by atoms with Gasteiger partial charge >= 0.3 is 0 Å². The van der Waals surface area contributed by atoms with Crippen LogP contribution < -0.4 is 5.56 Å². The minimum absolute atomic E-state index is 0.0716. The molecule has 0 N–H and O–H groups in total. The molecule has 1 aromatic carbocycles. The van der Waals surface area contributed by atoms with Gasteiger partial charge < -0.3 is 4.90 Å². The lowest BCUT2D eigenvalue weighted by Crippen LogP contribution is -2.41. The van der Waals surface area contributed by atoms with Crippen molar-refractivity contribution in [1.82, 2.24) is 14.7 Å². The van der Waals surface area contributed by atoms with Gasteiger partial charge in [-0.25, -0.2) is 4.68 Å². The molecule has 0 bridgehead atoms. The highest BCUT2D eigenvalue weighted by Gasteiger charge is 2.25. The smallest absolute Gasteiger partial charge is 0.275 e. The third-order valence-electron chi connectivity index (χ3n) is 5.02. The molecule has 0 aliphatic heterocycles. The normalized spacial score (nSPS) is 12.5. The van der Waals surface area contributed by atoms with Crippen molar-refractivity contribution in [2.45, 2.75) is 78.8 Å². The monoisotopic (exact) mass is 371 g/mol. The standard InChI is InChI=1S/C22H33N3O2/c1-6-8-11-15-24(17(5)12-7-2)22(27)20-18-13-9-10-14-19(18)21(26)25(23-20)16(3)4/h9-10,13-14,16-17H,6-8,11-12,15H2,1-5H3. The Kier molecular flexibility index (Phi) is 7.57. The molecule has 0 fully saturated rings. The zero-order chi connectivity index (χ0) is 20.0. The fourth-order valence-electron chi connectivity index (χ4n) is 3.48. The van der Waals surface area contributed by atoms with Gasteiger partial charge in [0.05, 0.1) is 11.4 Å². The largest absolute Gasteiger partial charge is 0.335 e. The highest BCUT2D eigenvalue weighted by atomic mass is 16.2. The summed E-state index contributed by atoms with van der Waals surface area (Å²) in [4.78, 5) is 28.2. The van der Waals surface area contributed by atoms with Gasteiger partial charge in [0.1, 0.15) is 0 Å². The molecule has 1 aromatic heterocycles. The van der Waals surface area contributed by atoms with Crippen LogP contribution in [0.1, 0.15) is 83.3 Å². The van der Waals surface area contributed by atoms with Crippen molar-refractivity contribution in [2.24, 2.45) is 0 Å². The van der Waals surface area contributed by atoms with E-state index in [0.29, 0.717) is 16.5 Å². The lowest BCUT2D eigenvalue weighted by Gasteiger charge is -2.29. The van der Waals surface area contributed by atoms with Crippen LogP contribution in [0, 0.1) is 0 Å². The maximum atomic E-state index is 13.5. The van der Waals surface area contributed by atoms with Crippen LogP contribution in [-0.2, 0) is 0 Å². The van der Waals surface area contributed by atoms with Gasteiger partial charge in [-0.3, -0.25) is 9.59 Å². The van der Waals surface area contributed by atoms with Crippen molar-refractivity contribution < 1.29 is 4.79 Å². The Bertz CT molecular complexity index is 826. The van der Waals surface area contributed by atoms with Crippen LogP contribution in [0.3, 0.4) is 0 Å². The van der Waals surface area contributed by atoms with E-state index < -0.39 is 0 Å². The van der Waals surface area contributed by atoms with Gasteiger partial charge in [-0.15, -0.1) is 0 Å². The van der Waals surface area contributed by atoms with Gasteiger partial charge in [-0.05, 0) is 39.7 Å². The van der Waals surface area contributed by atoms with E-state index in [9.17, 15) is 9.59 Å². The predicted molar refractivity (Wildman–Crippen MR) is 111 cm³/mol. The summed E-state index contributed by atoms with van der Waals surface area (Å²) in [6.45, 7) is 11.0. The van der Waals surface area contributed by atoms with Gasteiger partial charge in [-0.1, -0.05) is 51.3 Å². The highest BCUT2D eigenvalue weighted by Crippen LogP contribution is 2.19. The fourth-order valence-corrected chi connectivity index (χ4v) is 3.48. The van der Waals surface area contributed by atoms with E-state index in [1.54, 1.807) is 6.07 Å². The Labute approximate surface area is 162 Å². The Morgan fingerprint density at radius 3 is 2.33 bits per heavy atom. The molecule has 0 spiro atoms. The molecular weight excluding hydrogens is 338 g/mol. The third-order valence-corrected chi connectivity index (χ3v) is 5.02. The molecule has 0 radical (unpaired) electrons. The quantitative estimate of drug-likeness (QED) is 0.595. The zero-order valence-corrected chi connectivity index (χ0v) is 17.4. The zero-order valence-electron chi connectivity index (χ0n) is 17.4. The molecule has 2 rings (SSSR count). The number of amides is 1. The van der Waals surface area contributed by atoms with Gasteiger partial charge in [-0.2, -0.15) is 5.10 Å². The lowest BCUT2D eigenvalue weighted by molar-refractivity contribution is 0.0673. The number of hydrogen-bond acceptors (Lipinski definition) is 3. The third kappa shape index (κ3) is 4.76. The maximum Gasteiger partial charge on any atom is 0.275 e. The van der Waals surface area contributed by atoms with E-state index in [2.05, 4.69) is 25.9 Å². The first-order valence-corrected chi connectivity index (χ1v) is 10.2. The van der Waals surface area contributed by atoms with Crippen LogP contribution in [0.25, 0.3) is 10.8 Å². The molecular formula is C22H33N3O2. The van der Waals surface area contributed by atoms with Crippen molar-refractivity contribution in [1.29, 1.82) is 0 Å². The van der Waals surface area contributed by atoms with Crippen LogP contribution in [-0.4, -0.2) is 33.2 Å². The number of hydrogen-bond donors (Lipinski definition) is 0. The summed E-state index contributed by atoms with van der Waals surface area (Å²) < 4.78 is 1.43. The summed E-state index contributed by atoms with van der Waals surface area (Å²) in [6.07, 6.45) is 5.18. The van der Waals surface area contributed by atoms with Crippen molar-refractivity contribution in [3.05, 3.63) is 40.3 Å². The van der Waals surface area contributed by atoms with Crippen LogP contribution >= 0.6 is 0 Å². The van der Waals surface area contributed by atoms with Gasteiger partial charge in [0.2, 0.25) is 0 Å². The molecule has 148 valence electrons. The number of carbonyl (C=O) groups excluding carboxylic acids is 1. The molecule has 27 heavy (non-hydrogen) atoms. The molecule has 0 aliphatic carbocycles. The lowest BCUT2D eigenvalue weighted by atomic mass is 10.1. The molecule has 1 unspecified atom stereocenters. The molecule has 0 aliphatic rings. The summed E-state index contributed by atoms with van der Waals surface area (Å²) in [5.74, 6) is -0.0716. The van der Waals surface area contributed by atoms with Crippen molar-refractivity contribution >= 4 is 16.7 Å². The molecule has 1 heterocycles. The van der Waals surface area contributed by atoms with Crippen LogP contribution in [0.4, 0.5) is 0 Å². The fraction of sp³-hybridized carbons (Fsp3) is 0.591. The topological polar surface area (TPSA) is 55.2 Å². The predicted octanol–water partition coefficient (Wildman–Crippen LogP) is 4.80. The minimum atomic E-state index is -0.142. The molecule has 5 nitrogen and oxygen atoms in total. The number of rotatable bonds is 9. The molecule has 1 atom stereocenters. The number of benzene rings is 1. The molecule has 5 heteroatoms. The number of unbranched alkanes of at least 4 members (excludes halogenated alkanes) is 2.